The molecule has 0 bridgehead atoms. The molecule has 0 spiro atoms. The molecule has 0 atom stereocenters. The van der Waals surface area contributed by atoms with Crippen LogP contribution >= 0.6 is 0 Å². The van der Waals surface area contributed by atoms with Gasteiger partial charge in [-0.3, -0.25) is 0 Å². The summed E-state index contributed by atoms with van der Waals surface area (Å²) in [5.74, 6) is 0.907. The molecule has 0 saturated heterocycles. The molecule has 0 aromatic heterocycles. The lowest BCUT2D eigenvalue weighted by molar-refractivity contribution is 0.415. The first kappa shape index (κ1) is 7.28. The zero-order valence-electron chi connectivity index (χ0n) is 7.29. The molecule has 0 aliphatic carbocycles. The van der Waals surface area contributed by atoms with E-state index in [9.17, 15) is 0 Å². The van der Waals surface area contributed by atoms with Gasteiger partial charge >= 0.3 is 0 Å². The number of methoxy groups -OCH3 is 1. The van der Waals surface area contributed by atoms with Crippen LogP contribution in [0.5, 0.6) is 5.75 Å². The lowest BCUT2D eigenvalue weighted by Gasteiger charge is -2.10. The van der Waals surface area contributed by atoms with Gasteiger partial charge in [-0.05, 0) is 12.1 Å². The molecule has 3 nitrogen and oxygen atoms in total. The highest BCUT2D eigenvalue weighted by Crippen LogP contribution is 2.33. The topological polar surface area (TPSA) is 24.5 Å². The Kier molecular flexibility index (Phi) is 1.57. The molecule has 1 aliphatic rings. The first-order valence-electron chi connectivity index (χ1n) is 3.94. The van der Waals surface area contributed by atoms with Gasteiger partial charge in [0.1, 0.15) is 5.75 Å². The van der Waals surface area contributed by atoms with Crippen molar-refractivity contribution in [2.75, 3.05) is 31.0 Å². The molecule has 3 heteroatoms. The van der Waals surface area contributed by atoms with E-state index < -0.39 is 0 Å². The quantitative estimate of drug-likeness (QED) is 0.681. The molecule has 1 aromatic rings. The Morgan fingerprint density at radius 2 is 2.33 bits per heavy atom. The molecule has 0 saturated carbocycles. The number of rotatable bonds is 1. The Morgan fingerprint density at radius 1 is 1.50 bits per heavy atom. The average molecular weight is 164 g/mol. The zero-order chi connectivity index (χ0) is 8.55. The van der Waals surface area contributed by atoms with E-state index in [-0.39, 0.29) is 0 Å². The van der Waals surface area contributed by atoms with Gasteiger partial charge in [-0.2, -0.15) is 0 Å². The summed E-state index contributed by atoms with van der Waals surface area (Å²) in [7, 11) is 3.74. The summed E-state index contributed by atoms with van der Waals surface area (Å²) in [5.41, 5.74) is 2.38. The van der Waals surface area contributed by atoms with Crippen molar-refractivity contribution in [1.82, 2.24) is 0 Å². The van der Waals surface area contributed by atoms with Gasteiger partial charge < -0.3 is 15.0 Å². The number of anilines is 2. The number of nitrogens with zero attached hydrogens (tertiary/aromatic N) is 1. The van der Waals surface area contributed by atoms with E-state index in [0.717, 1.165) is 12.4 Å². The Labute approximate surface area is 71.9 Å². The van der Waals surface area contributed by atoms with E-state index in [1.165, 1.54) is 11.4 Å². The van der Waals surface area contributed by atoms with Gasteiger partial charge in [-0.15, -0.1) is 0 Å². The maximum Gasteiger partial charge on any atom is 0.121 e. The third-order valence-electron chi connectivity index (χ3n) is 2.12. The van der Waals surface area contributed by atoms with Crippen LogP contribution in [-0.4, -0.2) is 20.8 Å². The largest absolute Gasteiger partial charge is 0.497 e. The second-order valence-corrected chi connectivity index (χ2v) is 2.92. The molecule has 1 aliphatic heterocycles. The van der Waals surface area contributed by atoms with Crippen LogP contribution in [0.2, 0.25) is 0 Å². The van der Waals surface area contributed by atoms with Crippen molar-refractivity contribution in [3.8, 4) is 5.75 Å². The molecule has 0 amide bonds. The van der Waals surface area contributed by atoms with E-state index in [4.69, 9.17) is 4.74 Å². The fourth-order valence-corrected chi connectivity index (χ4v) is 1.39. The van der Waals surface area contributed by atoms with Crippen molar-refractivity contribution in [3.05, 3.63) is 18.2 Å². The fourth-order valence-electron chi connectivity index (χ4n) is 1.39. The minimum Gasteiger partial charge on any atom is -0.497 e. The predicted molar refractivity (Wildman–Crippen MR) is 49.9 cm³/mol. The summed E-state index contributed by atoms with van der Waals surface area (Å²) in [5, 5.41) is 3.27. The molecule has 2 rings (SSSR count). The number of nitrogens with one attached hydrogen (secondary N) is 1. The molecule has 12 heavy (non-hydrogen) atoms. The highest BCUT2D eigenvalue weighted by Gasteiger charge is 2.14. The summed E-state index contributed by atoms with van der Waals surface area (Å²) in [6.45, 7) is 0.877. The minimum absolute atomic E-state index is 0.877. The molecule has 0 fully saturated rings. The average Bonchev–Trinajstić information content (AvgIpc) is 2.47. The summed E-state index contributed by atoms with van der Waals surface area (Å²) in [4.78, 5) is 2.15. The van der Waals surface area contributed by atoms with Crippen LogP contribution < -0.4 is 15.0 Å². The summed E-state index contributed by atoms with van der Waals surface area (Å²) in [6, 6.07) is 6.04. The van der Waals surface area contributed by atoms with Crippen LogP contribution in [0, 0.1) is 0 Å². The van der Waals surface area contributed by atoms with Crippen LogP contribution in [0.3, 0.4) is 0 Å². The Hall–Kier alpha value is -1.38. The standard InChI is InChI=1S/C9H12N2O/c1-11-6-10-8-4-3-7(12-2)5-9(8)11/h3-5,10H,6H2,1-2H3. The normalized spacial score (nSPS) is 14.0. The molecule has 1 aromatic carbocycles. The third kappa shape index (κ3) is 0.978. The zero-order valence-corrected chi connectivity index (χ0v) is 7.29. The number of hydrogen-bond acceptors (Lipinski definition) is 3. The smallest absolute Gasteiger partial charge is 0.121 e. The molecule has 0 unspecified atom stereocenters. The summed E-state index contributed by atoms with van der Waals surface area (Å²) in [6.07, 6.45) is 0. The van der Waals surface area contributed by atoms with E-state index in [2.05, 4.69) is 17.3 Å². The van der Waals surface area contributed by atoms with E-state index >= 15 is 0 Å². The Balaban J connectivity index is 2.43. The van der Waals surface area contributed by atoms with Crippen molar-refractivity contribution >= 4 is 11.4 Å². The van der Waals surface area contributed by atoms with Crippen molar-refractivity contribution in [2.45, 2.75) is 0 Å². The highest BCUT2D eigenvalue weighted by molar-refractivity contribution is 5.75. The van der Waals surface area contributed by atoms with E-state index in [1.54, 1.807) is 7.11 Å². The second kappa shape index (κ2) is 2.59. The molecule has 1 N–H and O–H groups in total. The second-order valence-electron chi connectivity index (χ2n) is 2.92. The van der Waals surface area contributed by atoms with Crippen molar-refractivity contribution < 1.29 is 4.74 Å². The van der Waals surface area contributed by atoms with Gasteiger partial charge in [0.15, 0.2) is 0 Å². The first-order valence-corrected chi connectivity index (χ1v) is 3.94. The predicted octanol–water partition coefficient (Wildman–Crippen LogP) is 1.51. The van der Waals surface area contributed by atoms with E-state index in [1.807, 2.05) is 18.2 Å². The molecule has 1 heterocycles. The minimum atomic E-state index is 0.877. The molecular formula is C9H12N2O. The van der Waals surface area contributed by atoms with Crippen LogP contribution in [-0.2, 0) is 0 Å². The van der Waals surface area contributed by atoms with Crippen molar-refractivity contribution in [3.63, 3.8) is 0 Å². The van der Waals surface area contributed by atoms with Gasteiger partial charge in [0.05, 0.1) is 25.2 Å². The van der Waals surface area contributed by atoms with Crippen LogP contribution in [0.4, 0.5) is 11.4 Å². The van der Waals surface area contributed by atoms with Crippen LogP contribution in [0.1, 0.15) is 0 Å². The van der Waals surface area contributed by atoms with Crippen LogP contribution in [0.15, 0.2) is 18.2 Å². The van der Waals surface area contributed by atoms with Crippen LogP contribution in [0.25, 0.3) is 0 Å². The Bertz CT molecular complexity index is 299. The van der Waals surface area contributed by atoms with Gasteiger partial charge in [0.25, 0.3) is 0 Å². The van der Waals surface area contributed by atoms with Gasteiger partial charge in [0.2, 0.25) is 0 Å². The Morgan fingerprint density at radius 3 is 3.08 bits per heavy atom. The summed E-state index contributed by atoms with van der Waals surface area (Å²) < 4.78 is 5.13. The maximum absolute atomic E-state index is 5.13. The monoisotopic (exact) mass is 164 g/mol. The highest BCUT2D eigenvalue weighted by atomic mass is 16.5. The number of benzene rings is 1. The number of ether oxygens (including phenoxy) is 1. The number of fused-ring (bicyclic) bond motifs is 1. The SMILES string of the molecule is COc1ccc2c(c1)N(C)CN2. The lowest BCUT2D eigenvalue weighted by Crippen LogP contribution is -2.15. The first-order chi connectivity index (χ1) is 5.81. The van der Waals surface area contributed by atoms with Gasteiger partial charge in [-0.1, -0.05) is 0 Å². The maximum atomic E-state index is 5.13. The number of hydrogen-bond donors (Lipinski definition) is 1. The molecular weight excluding hydrogens is 152 g/mol. The lowest BCUT2D eigenvalue weighted by atomic mass is 10.2. The van der Waals surface area contributed by atoms with Crippen molar-refractivity contribution in [2.24, 2.45) is 0 Å². The van der Waals surface area contributed by atoms with E-state index in [0.29, 0.717) is 0 Å². The van der Waals surface area contributed by atoms with Crippen molar-refractivity contribution in [1.29, 1.82) is 0 Å². The fraction of sp³-hybridized carbons (Fsp3) is 0.333. The van der Waals surface area contributed by atoms with Gasteiger partial charge in [-0.25, -0.2) is 0 Å². The van der Waals surface area contributed by atoms with Gasteiger partial charge in [0, 0.05) is 13.1 Å². The summed E-state index contributed by atoms with van der Waals surface area (Å²) >= 11 is 0. The third-order valence-corrected chi connectivity index (χ3v) is 2.12. The molecule has 64 valence electrons. The molecule has 0 radical (unpaired) electrons.